The number of anilines is 1. The molecule has 0 saturated carbocycles. The number of rotatable bonds is 8. The summed E-state index contributed by atoms with van der Waals surface area (Å²) in [6.45, 7) is 2.44. The lowest BCUT2D eigenvalue weighted by atomic mass is 10.00. The van der Waals surface area contributed by atoms with E-state index in [1.165, 1.54) is 11.4 Å². The Morgan fingerprint density at radius 3 is 2.61 bits per heavy atom. The molecule has 1 aromatic heterocycles. The molecule has 2 atom stereocenters. The van der Waals surface area contributed by atoms with E-state index >= 15 is 0 Å². The zero-order valence-electron chi connectivity index (χ0n) is 21.5. The molecule has 0 saturated heterocycles. The number of carbonyl (C=O) groups excluding carboxylic acids is 1. The number of aryl methyl sites for hydroxylation is 2. The van der Waals surface area contributed by atoms with Gasteiger partial charge in [-0.2, -0.15) is 0 Å². The van der Waals surface area contributed by atoms with Crippen LogP contribution in [-0.4, -0.2) is 74.1 Å². The summed E-state index contributed by atoms with van der Waals surface area (Å²) >= 11 is 6.13. The summed E-state index contributed by atoms with van der Waals surface area (Å²) < 4.78 is 28.8. The average molecular weight is 565 g/mol. The molecule has 4 N–H and O–H groups in total. The van der Waals surface area contributed by atoms with Crippen molar-refractivity contribution in [3.05, 3.63) is 64.3 Å². The second kappa shape index (κ2) is 12.6. The van der Waals surface area contributed by atoms with Crippen LogP contribution in [0.25, 0.3) is 10.9 Å². The van der Waals surface area contributed by atoms with Crippen LogP contribution in [0.1, 0.15) is 28.4 Å². The molecule has 38 heavy (non-hydrogen) atoms. The fourth-order valence-corrected chi connectivity index (χ4v) is 5.97. The monoisotopic (exact) mass is 564 g/mol. The number of nitrogens with one attached hydrogen (secondary N) is 2. The third-order valence-electron chi connectivity index (χ3n) is 6.56. The minimum Gasteiger partial charge on any atom is -0.483 e. The summed E-state index contributed by atoms with van der Waals surface area (Å²) in [5.41, 5.74) is 3.57. The van der Waals surface area contributed by atoms with E-state index in [0.29, 0.717) is 35.8 Å². The van der Waals surface area contributed by atoms with Crippen molar-refractivity contribution in [3.63, 3.8) is 0 Å². The van der Waals surface area contributed by atoms with E-state index in [-0.39, 0.29) is 18.1 Å². The fraction of sp³-hybridized carbons (Fsp3) is 0.385. The highest BCUT2D eigenvalue weighted by molar-refractivity contribution is 7.92. The smallest absolute Gasteiger partial charge is 0.290 e. The maximum absolute atomic E-state index is 13.5. The molecule has 0 bridgehead atoms. The summed E-state index contributed by atoms with van der Waals surface area (Å²) in [7, 11) is -0.253. The van der Waals surface area contributed by atoms with Gasteiger partial charge in [0, 0.05) is 42.3 Å². The Balaban J connectivity index is 0.00000127. The third-order valence-corrected chi connectivity index (χ3v) is 8.53. The Labute approximate surface area is 227 Å². The maximum atomic E-state index is 13.5. The van der Waals surface area contributed by atoms with E-state index in [0.717, 1.165) is 28.5 Å². The van der Waals surface area contributed by atoms with Crippen LogP contribution in [0.5, 0.6) is 0 Å². The normalized spacial score (nSPS) is 15.7. The molecule has 0 radical (unpaired) electrons. The lowest BCUT2D eigenvalue weighted by Gasteiger charge is -2.25. The number of sulfonamides is 1. The molecule has 10 nitrogen and oxygen atoms in total. The molecule has 12 heteroatoms. The first-order valence-electron chi connectivity index (χ1n) is 12.1. The van der Waals surface area contributed by atoms with E-state index in [4.69, 9.17) is 21.5 Å². The zero-order chi connectivity index (χ0) is 28.0. The Morgan fingerprint density at radius 1 is 1.26 bits per heavy atom. The third kappa shape index (κ3) is 6.47. The number of aliphatic hydroxyl groups excluding tert-OH is 1. The number of amides is 1. The molecular formula is C26H33ClN4O6S. The van der Waals surface area contributed by atoms with Crippen molar-refractivity contribution in [1.82, 2.24) is 15.2 Å². The average Bonchev–Trinajstić information content (AvgIpc) is 3.20. The molecule has 4 rings (SSSR count). The van der Waals surface area contributed by atoms with E-state index in [1.807, 2.05) is 42.0 Å². The largest absolute Gasteiger partial charge is 0.483 e. The molecule has 2 aromatic carbocycles. The molecule has 2 heterocycles. The van der Waals surface area contributed by atoms with Crippen LogP contribution in [-0.2, 0) is 34.2 Å². The van der Waals surface area contributed by atoms with E-state index in [1.54, 1.807) is 19.2 Å². The van der Waals surface area contributed by atoms with Gasteiger partial charge in [0.1, 0.15) is 0 Å². The van der Waals surface area contributed by atoms with Crippen LogP contribution in [0.2, 0.25) is 5.02 Å². The highest BCUT2D eigenvalue weighted by Crippen LogP contribution is 2.35. The molecule has 206 valence electrons. The fourth-order valence-electron chi connectivity index (χ4n) is 4.62. The molecule has 3 aromatic rings. The van der Waals surface area contributed by atoms with Gasteiger partial charge in [-0.05, 0) is 55.3 Å². The summed E-state index contributed by atoms with van der Waals surface area (Å²) in [4.78, 5) is 21.8. The molecule has 0 unspecified atom stereocenters. The van der Waals surface area contributed by atoms with E-state index in [2.05, 4.69) is 10.6 Å². The predicted octanol–water partition coefficient (Wildman–Crippen LogP) is 2.26. The van der Waals surface area contributed by atoms with Gasteiger partial charge in [0.15, 0.2) is 0 Å². The number of aromatic nitrogens is 1. The first-order chi connectivity index (χ1) is 18.1. The minimum atomic E-state index is -3.51. The summed E-state index contributed by atoms with van der Waals surface area (Å²) in [6, 6.07) is 10.2. The molecule has 1 aliphatic rings. The van der Waals surface area contributed by atoms with Crippen molar-refractivity contribution in [2.75, 3.05) is 30.7 Å². The number of hydrogen-bond acceptors (Lipinski definition) is 6. The van der Waals surface area contributed by atoms with Gasteiger partial charge >= 0.3 is 0 Å². The Morgan fingerprint density at radius 2 is 1.97 bits per heavy atom. The van der Waals surface area contributed by atoms with Crippen LogP contribution in [0, 0.1) is 0 Å². The van der Waals surface area contributed by atoms with Crippen molar-refractivity contribution in [2.45, 2.75) is 38.5 Å². The standard InChI is InChI=1S/C25H31ClN4O4S.CH2O2/c1-4-17-15-30-8-9-35(33,34)29(3)22-13-18(12-20(17)24(22)30)25(32)28-21(23(31)14-27-2)11-16-6-5-7-19(26)10-16;2-1-3/h5-7,10,12-13,15,21,23,27,31H,4,8-9,11,14H2,1-3H3,(H,28,32);1H,(H,2,3)/t21-,23+;/m0./s1. The second-order valence-electron chi connectivity index (χ2n) is 9.02. The van der Waals surface area contributed by atoms with Crippen LogP contribution in [0.3, 0.4) is 0 Å². The molecule has 1 aliphatic heterocycles. The van der Waals surface area contributed by atoms with Crippen LogP contribution in [0.15, 0.2) is 42.6 Å². The van der Waals surface area contributed by atoms with E-state index < -0.39 is 22.2 Å². The Bertz CT molecular complexity index is 1410. The zero-order valence-corrected chi connectivity index (χ0v) is 23.1. The van der Waals surface area contributed by atoms with Crippen molar-refractivity contribution >= 4 is 50.6 Å². The van der Waals surface area contributed by atoms with Crippen LogP contribution < -0.4 is 14.9 Å². The van der Waals surface area contributed by atoms with Gasteiger partial charge < -0.3 is 25.4 Å². The van der Waals surface area contributed by atoms with Gasteiger partial charge in [0.25, 0.3) is 12.4 Å². The summed E-state index contributed by atoms with van der Waals surface area (Å²) in [5.74, 6) is -0.389. The highest BCUT2D eigenvalue weighted by Gasteiger charge is 2.29. The number of likely N-dealkylation sites (N-methyl/N-ethyl adjacent to an activating group) is 1. The quantitative estimate of drug-likeness (QED) is 0.308. The highest BCUT2D eigenvalue weighted by atomic mass is 35.5. The first-order valence-corrected chi connectivity index (χ1v) is 14.1. The van der Waals surface area contributed by atoms with Crippen molar-refractivity contribution in [1.29, 1.82) is 0 Å². The summed E-state index contributed by atoms with van der Waals surface area (Å²) in [5, 5.41) is 25.0. The Kier molecular flexibility index (Phi) is 9.77. The van der Waals surface area contributed by atoms with Gasteiger partial charge in [0.2, 0.25) is 10.0 Å². The van der Waals surface area contributed by atoms with Gasteiger partial charge in [0.05, 0.1) is 29.1 Å². The number of aliphatic hydroxyl groups is 1. The number of carboxylic acid groups (broad SMARTS) is 1. The topological polar surface area (TPSA) is 141 Å². The SMILES string of the molecule is CCc1cn2c3c(cc(C(=O)N[C@@H](Cc4cccc(Cl)c4)[C@H](O)CNC)cc13)N(C)S(=O)(=O)CC2.O=CO. The number of nitrogens with zero attached hydrogens (tertiary/aromatic N) is 2. The number of carbonyl (C=O) groups is 2. The lowest BCUT2D eigenvalue weighted by Crippen LogP contribution is -2.48. The number of benzene rings is 2. The molecular weight excluding hydrogens is 532 g/mol. The van der Waals surface area contributed by atoms with Crippen molar-refractivity contribution in [2.24, 2.45) is 0 Å². The molecule has 0 spiro atoms. The molecule has 0 fully saturated rings. The summed E-state index contributed by atoms with van der Waals surface area (Å²) in [6.07, 6.45) is 2.27. The second-order valence-corrected chi connectivity index (χ2v) is 11.6. The van der Waals surface area contributed by atoms with Crippen LogP contribution >= 0.6 is 11.6 Å². The van der Waals surface area contributed by atoms with Gasteiger partial charge in [-0.1, -0.05) is 30.7 Å². The minimum absolute atomic E-state index is 0.00936. The van der Waals surface area contributed by atoms with Gasteiger partial charge in [-0.25, -0.2) is 8.42 Å². The first kappa shape index (κ1) is 29.4. The number of hydrogen-bond donors (Lipinski definition) is 4. The van der Waals surface area contributed by atoms with Gasteiger partial charge in [-0.3, -0.25) is 13.9 Å². The predicted molar refractivity (Wildman–Crippen MR) is 149 cm³/mol. The van der Waals surface area contributed by atoms with Gasteiger partial charge in [-0.15, -0.1) is 0 Å². The van der Waals surface area contributed by atoms with E-state index in [9.17, 15) is 18.3 Å². The van der Waals surface area contributed by atoms with Crippen LogP contribution in [0.4, 0.5) is 5.69 Å². The Hall–Kier alpha value is -3.12. The van der Waals surface area contributed by atoms with Crippen molar-refractivity contribution < 1.29 is 28.2 Å². The van der Waals surface area contributed by atoms with Crippen molar-refractivity contribution in [3.8, 4) is 0 Å². The number of halogens is 1. The maximum Gasteiger partial charge on any atom is 0.290 e. The molecule has 0 aliphatic carbocycles. The lowest BCUT2D eigenvalue weighted by molar-refractivity contribution is -0.122. The molecule has 1 amide bonds.